The predicted octanol–water partition coefficient (Wildman–Crippen LogP) is 0.682. The van der Waals surface area contributed by atoms with Crippen LogP contribution in [0, 0.1) is 11.3 Å². The molecule has 0 radical (unpaired) electrons. The van der Waals surface area contributed by atoms with Crippen molar-refractivity contribution in [2.75, 3.05) is 6.54 Å². The van der Waals surface area contributed by atoms with Crippen LogP contribution < -0.4 is 5.32 Å². The molecule has 1 aromatic rings. The predicted molar refractivity (Wildman–Crippen MR) is 55.0 cm³/mol. The molecule has 1 unspecified atom stereocenters. The molecule has 1 saturated heterocycles. The molecule has 0 amide bonds. The van der Waals surface area contributed by atoms with Gasteiger partial charge < -0.3 is 5.32 Å². The SMILES string of the molecule is N#Cc1ncn(CCCC2CCCN2)n1. The van der Waals surface area contributed by atoms with Gasteiger partial charge in [-0.3, -0.25) is 4.68 Å². The van der Waals surface area contributed by atoms with Crippen LogP contribution in [0.15, 0.2) is 6.33 Å². The van der Waals surface area contributed by atoms with Gasteiger partial charge in [-0.1, -0.05) is 0 Å². The van der Waals surface area contributed by atoms with Gasteiger partial charge in [0.25, 0.3) is 5.82 Å². The van der Waals surface area contributed by atoms with E-state index in [1.54, 1.807) is 11.0 Å². The van der Waals surface area contributed by atoms with Gasteiger partial charge in [-0.15, -0.1) is 5.10 Å². The molecule has 80 valence electrons. The monoisotopic (exact) mass is 205 g/mol. The van der Waals surface area contributed by atoms with Crippen LogP contribution in [-0.4, -0.2) is 27.4 Å². The van der Waals surface area contributed by atoms with Crippen molar-refractivity contribution in [3.63, 3.8) is 0 Å². The highest BCUT2D eigenvalue weighted by Gasteiger charge is 2.12. The van der Waals surface area contributed by atoms with Crippen LogP contribution >= 0.6 is 0 Å². The van der Waals surface area contributed by atoms with E-state index in [0.717, 1.165) is 19.5 Å². The van der Waals surface area contributed by atoms with Crippen molar-refractivity contribution >= 4 is 0 Å². The summed E-state index contributed by atoms with van der Waals surface area (Å²) in [6.07, 6.45) is 6.49. The van der Waals surface area contributed by atoms with Crippen LogP contribution in [0.4, 0.5) is 0 Å². The van der Waals surface area contributed by atoms with Crippen LogP contribution in [0.25, 0.3) is 0 Å². The molecular weight excluding hydrogens is 190 g/mol. The van der Waals surface area contributed by atoms with E-state index in [1.165, 1.54) is 19.3 Å². The zero-order valence-corrected chi connectivity index (χ0v) is 8.69. The highest BCUT2D eigenvalue weighted by molar-refractivity contribution is 5.05. The maximum absolute atomic E-state index is 8.55. The van der Waals surface area contributed by atoms with Gasteiger partial charge >= 0.3 is 0 Å². The van der Waals surface area contributed by atoms with Crippen molar-refractivity contribution in [3.8, 4) is 6.07 Å². The number of aromatic nitrogens is 3. The van der Waals surface area contributed by atoms with Gasteiger partial charge in [-0.05, 0) is 32.2 Å². The minimum absolute atomic E-state index is 0.258. The van der Waals surface area contributed by atoms with Gasteiger partial charge in [0.2, 0.25) is 0 Å². The Hall–Kier alpha value is -1.41. The first kappa shape index (κ1) is 10.1. The molecular formula is C10H15N5. The molecule has 15 heavy (non-hydrogen) atoms. The smallest absolute Gasteiger partial charge is 0.252 e. The molecule has 1 fully saturated rings. The maximum Gasteiger partial charge on any atom is 0.252 e. The summed E-state index contributed by atoms with van der Waals surface area (Å²) in [5.41, 5.74) is 0. The third-order valence-electron chi connectivity index (χ3n) is 2.74. The number of nitrogens with zero attached hydrogens (tertiary/aromatic N) is 4. The summed E-state index contributed by atoms with van der Waals surface area (Å²) in [7, 11) is 0. The molecule has 0 bridgehead atoms. The minimum atomic E-state index is 0.258. The van der Waals surface area contributed by atoms with Gasteiger partial charge in [0, 0.05) is 12.6 Å². The zero-order chi connectivity index (χ0) is 10.5. The third-order valence-corrected chi connectivity index (χ3v) is 2.74. The Kier molecular flexibility index (Phi) is 3.30. The average molecular weight is 205 g/mol. The molecule has 5 heteroatoms. The summed E-state index contributed by atoms with van der Waals surface area (Å²) < 4.78 is 1.74. The standard InChI is InChI=1S/C10H15N5/c11-7-10-13-8-15(14-10)6-2-4-9-3-1-5-12-9/h8-9,12H,1-6H2. The number of nitrogens with one attached hydrogen (secondary N) is 1. The van der Waals surface area contributed by atoms with Crippen molar-refractivity contribution in [1.29, 1.82) is 5.26 Å². The van der Waals surface area contributed by atoms with Gasteiger partial charge in [0.1, 0.15) is 12.4 Å². The molecule has 2 rings (SSSR count). The number of aryl methyl sites for hydroxylation is 1. The molecule has 1 aliphatic heterocycles. The summed E-state index contributed by atoms with van der Waals surface area (Å²) in [5, 5.41) is 16.0. The van der Waals surface area contributed by atoms with Crippen LogP contribution in [-0.2, 0) is 6.54 Å². The summed E-state index contributed by atoms with van der Waals surface area (Å²) >= 11 is 0. The second-order valence-electron chi connectivity index (χ2n) is 3.88. The lowest BCUT2D eigenvalue weighted by atomic mass is 10.1. The Balaban J connectivity index is 1.71. The Morgan fingerprint density at radius 3 is 3.27 bits per heavy atom. The first-order valence-electron chi connectivity index (χ1n) is 5.41. The molecule has 0 saturated carbocycles. The van der Waals surface area contributed by atoms with E-state index < -0.39 is 0 Å². The highest BCUT2D eigenvalue weighted by Crippen LogP contribution is 2.10. The number of nitriles is 1. The van der Waals surface area contributed by atoms with Gasteiger partial charge in [-0.25, -0.2) is 4.98 Å². The quantitative estimate of drug-likeness (QED) is 0.785. The van der Waals surface area contributed by atoms with Crippen molar-refractivity contribution in [3.05, 3.63) is 12.2 Å². The lowest BCUT2D eigenvalue weighted by Gasteiger charge is -2.08. The Labute approximate surface area is 89.1 Å². The second-order valence-corrected chi connectivity index (χ2v) is 3.88. The fourth-order valence-corrected chi connectivity index (χ4v) is 1.96. The average Bonchev–Trinajstić information content (AvgIpc) is 2.88. The van der Waals surface area contributed by atoms with E-state index in [0.29, 0.717) is 6.04 Å². The van der Waals surface area contributed by atoms with E-state index in [-0.39, 0.29) is 5.82 Å². The molecule has 1 atom stereocenters. The lowest BCUT2D eigenvalue weighted by molar-refractivity contribution is 0.483. The van der Waals surface area contributed by atoms with Gasteiger partial charge in [0.05, 0.1) is 0 Å². The number of rotatable bonds is 4. The fourth-order valence-electron chi connectivity index (χ4n) is 1.96. The largest absolute Gasteiger partial charge is 0.314 e. The van der Waals surface area contributed by atoms with E-state index in [2.05, 4.69) is 15.4 Å². The zero-order valence-electron chi connectivity index (χ0n) is 8.69. The van der Waals surface area contributed by atoms with Gasteiger partial charge in [0.15, 0.2) is 0 Å². The maximum atomic E-state index is 8.55. The molecule has 1 N–H and O–H groups in total. The van der Waals surface area contributed by atoms with Crippen LogP contribution in [0.5, 0.6) is 0 Å². The molecule has 1 aromatic heterocycles. The summed E-state index contributed by atoms with van der Waals surface area (Å²) in [4.78, 5) is 3.86. The van der Waals surface area contributed by atoms with Crippen molar-refractivity contribution in [1.82, 2.24) is 20.1 Å². The molecule has 0 spiro atoms. The van der Waals surface area contributed by atoms with E-state index >= 15 is 0 Å². The first-order valence-corrected chi connectivity index (χ1v) is 5.41. The molecule has 1 aliphatic rings. The van der Waals surface area contributed by atoms with Crippen LogP contribution in [0.2, 0.25) is 0 Å². The van der Waals surface area contributed by atoms with Crippen LogP contribution in [0.1, 0.15) is 31.5 Å². The summed E-state index contributed by atoms with van der Waals surface area (Å²) in [6, 6.07) is 2.61. The summed E-state index contributed by atoms with van der Waals surface area (Å²) in [6.45, 7) is 2.01. The molecule has 0 aromatic carbocycles. The number of hydrogen-bond donors (Lipinski definition) is 1. The third kappa shape index (κ3) is 2.77. The number of hydrogen-bond acceptors (Lipinski definition) is 4. The molecule has 2 heterocycles. The van der Waals surface area contributed by atoms with E-state index in [4.69, 9.17) is 5.26 Å². The normalized spacial score (nSPS) is 20.3. The Bertz CT molecular complexity index is 345. The first-order chi connectivity index (χ1) is 7.38. The van der Waals surface area contributed by atoms with Gasteiger partial charge in [-0.2, -0.15) is 5.26 Å². The second kappa shape index (κ2) is 4.89. The fraction of sp³-hybridized carbons (Fsp3) is 0.700. The van der Waals surface area contributed by atoms with Crippen molar-refractivity contribution < 1.29 is 0 Å². The topological polar surface area (TPSA) is 66.5 Å². The van der Waals surface area contributed by atoms with Crippen molar-refractivity contribution in [2.45, 2.75) is 38.3 Å². The molecule has 0 aliphatic carbocycles. The highest BCUT2D eigenvalue weighted by atomic mass is 15.3. The Morgan fingerprint density at radius 2 is 2.60 bits per heavy atom. The van der Waals surface area contributed by atoms with E-state index in [1.807, 2.05) is 6.07 Å². The Morgan fingerprint density at radius 1 is 1.67 bits per heavy atom. The van der Waals surface area contributed by atoms with E-state index in [9.17, 15) is 0 Å². The minimum Gasteiger partial charge on any atom is -0.314 e. The summed E-state index contributed by atoms with van der Waals surface area (Å²) in [5.74, 6) is 0.258. The lowest BCUT2D eigenvalue weighted by Crippen LogP contribution is -2.21. The molecule has 5 nitrogen and oxygen atoms in total. The van der Waals surface area contributed by atoms with Crippen LogP contribution in [0.3, 0.4) is 0 Å². The van der Waals surface area contributed by atoms with Crippen molar-refractivity contribution in [2.24, 2.45) is 0 Å².